The highest BCUT2D eigenvalue weighted by atomic mass is 16.6. The summed E-state index contributed by atoms with van der Waals surface area (Å²) in [7, 11) is 0. The van der Waals surface area contributed by atoms with Crippen molar-refractivity contribution in [3.63, 3.8) is 0 Å². The van der Waals surface area contributed by atoms with Gasteiger partial charge in [0.15, 0.2) is 0 Å². The molecule has 2 aromatic carbocycles. The van der Waals surface area contributed by atoms with Crippen molar-refractivity contribution >= 4 is 23.2 Å². The van der Waals surface area contributed by atoms with Crippen molar-refractivity contribution in [2.24, 2.45) is 0 Å². The number of hydrogen-bond donors (Lipinski definition) is 1. The molecule has 2 amide bonds. The SMILES string of the molecule is Cc1ccc(C(=O)N2CCN(CC(=O)Nc3ccccc3)CC2)cc1[N+](=O)[O-]. The first-order chi connectivity index (χ1) is 13.4. The van der Waals surface area contributed by atoms with Crippen LogP contribution in [0, 0.1) is 17.0 Å². The molecule has 28 heavy (non-hydrogen) atoms. The summed E-state index contributed by atoms with van der Waals surface area (Å²) in [6.45, 7) is 3.99. The van der Waals surface area contributed by atoms with E-state index in [2.05, 4.69) is 5.32 Å². The van der Waals surface area contributed by atoms with Crippen LogP contribution in [0.1, 0.15) is 15.9 Å². The van der Waals surface area contributed by atoms with Gasteiger partial charge in [0.2, 0.25) is 5.91 Å². The number of piperazine rings is 1. The standard InChI is InChI=1S/C20H22N4O4/c1-15-7-8-16(13-18(15)24(27)28)20(26)23-11-9-22(10-12-23)14-19(25)21-17-5-3-2-4-6-17/h2-8,13H,9-12,14H2,1H3,(H,21,25). The quantitative estimate of drug-likeness (QED) is 0.632. The van der Waals surface area contributed by atoms with E-state index >= 15 is 0 Å². The number of carbonyl (C=O) groups excluding carboxylic acids is 2. The van der Waals surface area contributed by atoms with Crippen LogP contribution < -0.4 is 5.32 Å². The number of benzene rings is 2. The molecule has 1 heterocycles. The van der Waals surface area contributed by atoms with Crippen molar-refractivity contribution in [1.82, 2.24) is 9.80 Å². The fraction of sp³-hybridized carbons (Fsp3) is 0.300. The molecule has 2 aromatic rings. The number of nitrogens with one attached hydrogen (secondary N) is 1. The van der Waals surface area contributed by atoms with Crippen LogP contribution in [0.15, 0.2) is 48.5 Å². The molecule has 1 aliphatic rings. The first kappa shape index (κ1) is 19.5. The van der Waals surface area contributed by atoms with Gasteiger partial charge in [-0.3, -0.25) is 24.6 Å². The van der Waals surface area contributed by atoms with Gasteiger partial charge in [-0.1, -0.05) is 24.3 Å². The molecule has 0 atom stereocenters. The third kappa shape index (κ3) is 4.72. The monoisotopic (exact) mass is 382 g/mol. The third-order valence-electron chi connectivity index (χ3n) is 4.74. The van der Waals surface area contributed by atoms with Crippen LogP contribution in [0.2, 0.25) is 0 Å². The minimum atomic E-state index is -0.477. The maximum atomic E-state index is 12.7. The normalized spacial score (nSPS) is 14.5. The Bertz CT molecular complexity index is 877. The molecule has 1 N–H and O–H groups in total. The predicted molar refractivity (Wildman–Crippen MR) is 105 cm³/mol. The van der Waals surface area contributed by atoms with Crippen LogP contribution in [-0.2, 0) is 4.79 Å². The number of rotatable bonds is 5. The minimum Gasteiger partial charge on any atom is -0.336 e. The second kappa shape index (κ2) is 8.62. The molecule has 0 bridgehead atoms. The van der Waals surface area contributed by atoms with Crippen LogP contribution in [0.25, 0.3) is 0 Å². The molecule has 1 aliphatic heterocycles. The van der Waals surface area contributed by atoms with Crippen molar-refractivity contribution in [1.29, 1.82) is 0 Å². The Morgan fingerprint density at radius 1 is 1.07 bits per heavy atom. The molecule has 0 aromatic heterocycles. The minimum absolute atomic E-state index is 0.0536. The van der Waals surface area contributed by atoms with E-state index < -0.39 is 4.92 Å². The Morgan fingerprint density at radius 2 is 1.75 bits per heavy atom. The van der Waals surface area contributed by atoms with Crippen molar-refractivity contribution in [2.45, 2.75) is 6.92 Å². The number of anilines is 1. The number of nitrogens with zero attached hydrogens (tertiary/aromatic N) is 3. The van der Waals surface area contributed by atoms with Gasteiger partial charge in [-0.2, -0.15) is 0 Å². The van der Waals surface area contributed by atoms with E-state index in [1.165, 1.54) is 6.07 Å². The Labute approximate surface area is 162 Å². The van der Waals surface area contributed by atoms with Gasteiger partial charge in [-0.25, -0.2) is 0 Å². The molecule has 0 saturated carbocycles. The summed E-state index contributed by atoms with van der Waals surface area (Å²) in [5.41, 5.74) is 1.53. The third-order valence-corrected chi connectivity index (χ3v) is 4.74. The van der Waals surface area contributed by atoms with E-state index in [0.717, 1.165) is 5.69 Å². The fourth-order valence-corrected chi connectivity index (χ4v) is 3.16. The Balaban J connectivity index is 1.53. The van der Waals surface area contributed by atoms with Gasteiger partial charge in [0.1, 0.15) is 0 Å². The van der Waals surface area contributed by atoms with E-state index in [4.69, 9.17) is 0 Å². The summed E-state index contributed by atoms with van der Waals surface area (Å²) in [6, 6.07) is 13.8. The zero-order valence-electron chi connectivity index (χ0n) is 15.6. The number of hydrogen-bond acceptors (Lipinski definition) is 5. The first-order valence-corrected chi connectivity index (χ1v) is 9.05. The van der Waals surface area contributed by atoms with Crippen LogP contribution in [0.5, 0.6) is 0 Å². The Morgan fingerprint density at radius 3 is 2.39 bits per heavy atom. The molecular weight excluding hydrogens is 360 g/mol. The summed E-state index contributed by atoms with van der Waals surface area (Å²) in [4.78, 5) is 39.1. The van der Waals surface area contributed by atoms with Crippen LogP contribution in [0.4, 0.5) is 11.4 Å². The van der Waals surface area contributed by atoms with Crippen LogP contribution >= 0.6 is 0 Å². The van der Waals surface area contributed by atoms with Gasteiger partial charge in [0.05, 0.1) is 11.5 Å². The van der Waals surface area contributed by atoms with Gasteiger partial charge < -0.3 is 10.2 Å². The number of nitro benzene ring substituents is 1. The zero-order valence-corrected chi connectivity index (χ0v) is 15.6. The molecule has 0 aliphatic carbocycles. The van der Waals surface area contributed by atoms with E-state index in [1.807, 2.05) is 35.2 Å². The average molecular weight is 382 g/mol. The molecule has 1 saturated heterocycles. The molecule has 0 unspecified atom stereocenters. The Kier molecular flexibility index (Phi) is 6.00. The lowest BCUT2D eigenvalue weighted by Crippen LogP contribution is -2.50. The van der Waals surface area contributed by atoms with Gasteiger partial charge >= 0.3 is 0 Å². The van der Waals surface area contributed by atoms with Crippen LogP contribution in [0.3, 0.4) is 0 Å². The van der Waals surface area contributed by atoms with Crippen molar-refractivity contribution in [3.05, 3.63) is 69.8 Å². The topological polar surface area (TPSA) is 95.8 Å². The molecule has 8 nitrogen and oxygen atoms in total. The zero-order chi connectivity index (χ0) is 20.1. The van der Waals surface area contributed by atoms with Crippen LogP contribution in [-0.4, -0.2) is 59.3 Å². The highest BCUT2D eigenvalue weighted by Crippen LogP contribution is 2.20. The summed E-state index contributed by atoms with van der Waals surface area (Å²) in [6.07, 6.45) is 0. The summed E-state index contributed by atoms with van der Waals surface area (Å²) >= 11 is 0. The molecular formula is C20H22N4O4. The number of carbonyl (C=O) groups is 2. The molecule has 0 spiro atoms. The molecule has 146 valence electrons. The molecule has 0 radical (unpaired) electrons. The lowest BCUT2D eigenvalue weighted by molar-refractivity contribution is -0.385. The second-order valence-corrected chi connectivity index (χ2v) is 6.74. The maximum Gasteiger partial charge on any atom is 0.273 e. The van der Waals surface area contributed by atoms with Crippen molar-refractivity contribution in [2.75, 3.05) is 38.0 Å². The fourth-order valence-electron chi connectivity index (χ4n) is 3.16. The smallest absolute Gasteiger partial charge is 0.273 e. The molecule has 1 fully saturated rings. The lowest BCUT2D eigenvalue weighted by atomic mass is 10.1. The Hall–Kier alpha value is -3.26. The number of aryl methyl sites for hydroxylation is 1. The molecule has 8 heteroatoms. The summed E-state index contributed by atoms with van der Waals surface area (Å²) in [5.74, 6) is -0.323. The van der Waals surface area contributed by atoms with E-state index in [0.29, 0.717) is 37.3 Å². The van der Waals surface area contributed by atoms with E-state index in [1.54, 1.807) is 24.0 Å². The highest BCUT2D eigenvalue weighted by molar-refractivity contribution is 5.95. The van der Waals surface area contributed by atoms with Gasteiger partial charge in [0, 0.05) is 49.1 Å². The number of nitro groups is 1. The van der Waals surface area contributed by atoms with Gasteiger partial charge in [-0.05, 0) is 25.1 Å². The summed E-state index contributed by atoms with van der Waals surface area (Å²) < 4.78 is 0. The lowest BCUT2D eigenvalue weighted by Gasteiger charge is -2.34. The number of para-hydroxylation sites is 1. The van der Waals surface area contributed by atoms with Crippen molar-refractivity contribution in [3.8, 4) is 0 Å². The van der Waals surface area contributed by atoms with E-state index in [9.17, 15) is 19.7 Å². The average Bonchev–Trinajstić information content (AvgIpc) is 2.69. The van der Waals surface area contributed by atoms with E-state index in [-0.39, 0.29) is 24.0 Å². The largest absolute Gasteiger partial charge is 0.336 e. The maximum absolute atomic E-state index is 12.7. The van der Waals surface area contributed by atoms with Gasteiger partial charge in [-0.15, -0.1) is 0 Å². The van der Waals surface area contributed by atoms with Crippen molar-refractivity contribution < 1.29 is 14.5 Å². The molecule has 3 rings (SSSR count). The first-order valence-electron chi connectivity index (χ1n) is 9.05. The van der Waals surface area contributed by atoms with Gasteiger partial charge in [0.25, 0.3) is 11.6 Å². The second-order valence-electron chi connectivity index (χ2n) is 6.74. The summed E-state index contributed by atoms with van der Waals surface area (Å²) in [5, 5.41) is 13.9. The predicted octanol–water partition coefficient (Wildman–Crippen LogP) is 2.30. The highest BCUT2D eigenvalue weighted by Gasteiger charge is 2.24. The number of amides is 2.